The van der Waals surface area contributed by atoms with Crippen molar-refractivity contribution >= 4 is 0 Å². The van der Waals surface area contributed by atoms with Gasteiger partial charge in [-0.05, 0) is 42.5 Å². The molecule has 0 saturated carbocycles. The Hall–Kier alpha value is -1.54. The Bertz CT molecular complexity index is 450. The molecule has 0 aliphatic heterocycles. The lowest BCUT2D eigenvalue weighted by atomic mass is 9.80. The van der Waals surface area contributed by atoms with E-state index in [1.807, 2.05) is 0 Å². The third-order valence-electron chi connectivity index (χ3n) is 3.70. The molecule has 0 heterocycles. The molecule has 19 heavy (non-hydrogen) atoms. The van der Waals surface area contributed by atoms with Crippen molar-refractivity contribution in [2.75, 3.05) is 13.7 Å². The fourth-order valence-electron chi connectivity index (χ4n) is 2.29. The highest BCUT2D eigenvalue weighted by Gasteiger charge is 2.22. The van der Waals surface area contributed by atoms with Gasteiger partial charge >= 0.3 is 0 Å². The van der Waals surface area contributed by atoms with E-state index in [2.05, 4.69) is 60.8 Å². The van der Waals surface area contributed by atoms with Crippen LogP contribution in [-0.4, -0.2) is 13.7 Å². The standard InChI is InChI=1S/C17H23NO/c1-17(10-8-16(19-2)9-11-17)12-13-18-14-15-6-4-3-5-7-15/h3-10,18H,11-14H2,1-2H3. The third-order valence-corrected chi connectivity index (χ3v) is 3.70. The van der Waals surface area contributed by atoms with Gasteiger partial charge < -0.3 is 10.1 Å². The molecule has 2 heteroatoms. The first-order valence-electron chi connectivity index (χ1n) is 6.90. The van der Waals surface area contributed by atoms with Crippen molar-refractivity contribution in [3.8, 4) is 0 Å². The van der Waals surface area contributed by atoms with Crippen molar-refractivity contribution in [1.82, 2.24) is 5.32 Å². The second kappa shape index (κ2) is 6.58. The van der Waals surface area contributed by atoms with E-state index in [1.54, 1.807) is 7.11 Å². The van der Waals surface area contributed by atoms with Crippen LogP contribution in [0.5, 0.6) is 0 Å². The Morgan fingerprint density at radius 3 is 2.68 bits per heavy atom. The van der Waals surface area contributed by atoms with Gasteiger partial charge in [-0.25, -0.2) is 0 Å². The molecule has 0 bridgehead atoms. The van der Waals surface area contributed by atoms with Crippen molar-refractivity contribution in [3.63, 3.8) is 0 Å². The van der Waals surface area contributed by atoms with Gasteiger partial charge in [0.2, 0.25) is 0 Å². The summed E-state index contributed by atoms with van der Waals surface area (Å²) in [6.07, 6.45) is 8.73. The molecule has 0 saturated heterocycles. The van der Waals surface area contributed by atoms with Crippen LogP contribution >= 0.6 is 0 Å². The van der Waals surface area contributed by atoms with Crippen LogP contribution in [0.15, 0.2) is 54.3 Å². The van der Waals surface area contributed by atoms with E-state index in [4.69, 9.17) is 4.74 Å². The molecule has 1 aliphatic carbocycles. The van der Waals surface area contributed by atoms with E-state index in [-0.39, 0.29) is 5.41 Å². The molecule has 0 fully saturated rings. The van der Waals surface area contributed by atoms with Crippen LogP contribution in [0.2, 0.25) is 0 Å². The van der Waals surface area contributed by atoms with Crippen LogP contribution in [0.25, 0.3) is 0 Å². The molecular weight excluding hydrogens is 234 g/mol. The summed E-state index contributed by atoms with van der Waals surface area (Å²) in [5, 5.41) is 3.51. The zero-order valence-corrected chi connectivity index (χ0v) is 11.9. The highest BCUT2D eigenvalue weighted by Crippen LogP contribution is 2.32. The number of rotatable bonds is 6. The molecule has 2 nitrogen and oxygen atoms in total. The van der Waals surface area contributed by atoms with Crippen molar-refractivity contribution in [2.45, 2.75) is 26.3 Å². The monoisotopic (exact) mass is 257 g/mol. The molecule has 102 valence electrons. The number of methoxy groups -OCH3 is 1. The molecule has 0 radical (unpaired) electrons. The Kier molecular flexibility index (Phi) is 4.80. The van der Waals surface area contributed by atoms with E-state index in [0.717, 1.165) is 31.7 Å². The van der Waals surface area contributed by atoms with Crippen LogP contribution < -0.4 is 5.32 Å². The molecule has 0 amide bonds. The topological polar surface area (TPSA) is 21.3 Å². The smallest absolute Gasteiger partial charge is 0.114 e. The van der Waals surface area contributed by atoms with Crippen LogP contribution in [0.4, 0.5) is 0 Å². The summed E-state index contributed by atoms with van der Waals surface area (Å²) >= 11 is 0. The Morgan fingerprint density at radius 2 is 2.05 bits per heavy atom. The zero-order chi connectivity index (χ0) is 13.6. The number of hydrogen-bond donors (Lipinski definition) is 1. The average Bonchev–Trinajstić information content (AvgIpc) is 2.46. The first-order valence-corrected chi connectivity index (χ1v) is 6.90. The Balaban J connectivity index is 1.72. The van der Waals surface area contributed by atoms with Crippen molar-refractivity contribution in [1.29, 1.82) is 0 Å². The number of nitrogens with one attached hydrogen (secondary N) is 1. The molecule has 1 N–H and O–H groups in total. The fraction of sp³-hybridized carbons (Fsp3) is 0.412. The molecular formula is C17H23NO. The second-order valence-electron chi connectivity index (χ2n) is 5.41. The van der Waals surface area contributed by atoms with Gasteiger partial charge in [-0.3, -0.25) is 0 Å². The lowest BCUT2D eigenvalue weighted by Crippen LogP contribution is -2.23. The summed E-state index contributed by atoms with van der Waals surface area (Å²) in [6.45, 7) is 4.28. The summed E-state index contributed by atoms with van der Waals surface area (Å²) < 4.78 is 5.23. The molecule has 1 unspecified atom stereocenters. The summed E-state index contributed by atoms with van der Waals surface area (Å²) in [4.78, 5) is 0. The lowest BCUT2D eigenvalue weighted by molar-refractivity contribution is 0.290. The predicted molar refractivity (Wildman–Crippen MR) is 79.7 cm³/mol. The van der Waals surface area contributed by atoms with Gasteiger partial charge in [0.15, 0.2) is 0 Å². The minimum atomic E-state index is 0.256. The van der Waals surface area contributed by atoms with Crippen molar-refractivity contribution in [3.05, 3.63) is 59.9 Å². The van der Waals surface area contributed by atoms with Crippen LogP contribution in [-0.2, 0) is 11.3 Å². The molecule has 1 atom stereocenters. The van der Waals surface area contributed by atoms with Gasteiger partial charge in [0.25, 0.3) is 0 Å². The average molecular weight is 257 g/mol. The zero-order valence-electron chi connectivity index (χ0n) is 11.9. The molecule has 1 aromatic carbocycles. The van der Waals surface area contributed by atoms with Gasteiger partial charge in [0.1, 0.15) is 5.76 Å². The van der Waals surface area contributed by atoms with Gasteiger partial charge in [-0.15, -0.1) is 0 Å². The number of allylic oxidation sites excluding steroid dienone is 3. The van der Waals surface area contributed by atoms with E-state index < -0.39 is 0 Å². The Morgan fingerprint density at radius 1 is 1.26 bits per heavy atom. The largest absolute Gasteiger partial charge is 0.497 e. The third kappa shape index (κ3) is 4.25. The minimum absolute atomic E-state index is 0.256. The second-order valence-corrected chi connectivity index (χ2v) is 5.41. The first-order chi connectivity index (χ1) is 9.22. The minimum Gasteiger partial charge on any atom is -0.497 e. The maximum atomic E-state index is 5.23. The van der Waals surface area contributed by atoms with Crippen LogP contribution in [0.3, 0.4) is 0 Å². The highest BCUT2D eigenvalue weighted by molar-refractivity contribution is 5.21. The molecule has 1 aromatic rings. The van der Waals surface area contributed by atoms with Crippen LogP contribution in [0, 0.1) is 5.41 Å². The predicted octanol–water partition coefficient (Wildman–Crippen LogP) is 3.66. The van der Waals surface area contributed by atoms with Gasteiger partial charge in [0.05, 0.1) is 7.11 Å². The number of benzene rings is 1. The maximum absolute atomic E-state index is 5.23. The Labute approximate surface area is 116 Å². The van der Waals surface area contributed by atoms with Gasteiger partial charge in [-0.1, -0.05) is 43.3 Å². The summed E-state index contributed by atoms with van der Waals surface area (Å²) in [7, 11) is 1.72. The normalized spacial score (nSPS) is 22.1. The molecule has 1 aliphatic rings. The van der Waals surface area contributed by atoms with E-state index >= 15 is 0 Å². The van der Waals surface area contributed by atoms with Crippen molar-refractivity contribution in [2.24, 2.45) is 5.41 Å². The summed E-state index contributed by atoms with van der Waals surface area (Å²) in [5.41, 5.74) is 1.60. The maximum Gasteiger partial charge on any atom is 0.114 e. The molecule has 0 spiro atoms. The lowest BCUT2D eigenvalue weighted by Gasteiger charge is -2.27. The quantitative estimate of drug-likeness (QED) is 0.785. The highest BCUT2D eigenvalue weighted by atomic mass is 16.5. The van der Waals surface area contributed by atoms with E-state index in [1.165, 1.54) is 5.56 Å². The summed E-state index contributed by atoms with van der Waals surface area (Å²) in [6, 6.07) is 10.5. The fourth-order valence-corrected chi connectivity index (χ4v) is 2.29. The molecule has 2 rings (SSSR count). The summed E-state index contributed by atoms with van der Waals surface area (Å²) in [5.74, 6) is 0.981. The van der Waals surface area contributed by atoms with Crippen molar-refractivity contribution < 1.29 is 4.74 Å². The van der Waals surface area contributed by atoms with E-state index in [0.29, 0.717) is 0 Å². The van der Waals surface area contributed by atoms with E-state index in [9.17, 15) is 0 Å². The molecule has 0 aromatic heterocycles. The van der Waals surface area contributed by atoms with Gasteiger partial charge in [0, 0.05) is 6.54 Å². The SMILES string of the molecule is COC1=CCC(C)(CCNCc2ccccc2)C=C1. The first kappa shape index (κ1) is 13.9. The number of hydrogen-bond acceptors (Lipinski definition) is 2. The number of ether oxygens (including phenoxy) is 1. The van der Waals surface area contributed by atoms with Crippen LogP contribution in [0.1, 0.15) is 25.3 Å². The van der Waals surface area contributed by atoms with Gasteiger partial charge in [-0.2, -0.15) is 0 Å².